The van der Waals surface area contributed by atoms with Crippen LogP contribution in [0.2, 0.25) is 0 Å². The highest BCUT2D eigenvalue weighted by molar-refractivity contribution is 5.85. The Balaban J connectivity index is 1.23. The smallest absolute Gasteiger partial charge is 0.160 e. The molecule has 1 aliphatic rings. The van der Waals surface area contributed by atoms with Crippen molar-refractivity contribution in [2.75, 3.05) is 5.32 Å². The minimum Gasteiger partial charge on any atom is -0.393 e. The molecular formula is C21H27N5O. The lowest BCUT2D eigenvalue weighted by atomic mass is 9.81. The summed E-state index contributed by atoms with van der Waals surface area (Å²) >= 11 is 0. The van der Waals surface area contributed by atoms with Crippen molar-refractivity contribution in [1.29, 1.82) is 0 Å². The zero-order valence-electron chi connectivity index (χ0n) is 15.5. The van der Waals surface area contributed by atoms with Crippen LogP contribution in [0.25, 0.3) is 11.0 Å². The number of anilines is 1. The minimum atomic E-state index is -0.186. The summed E-state index contributed by atoms with van der Waals surface area (Å²) in [6, 6.07) is 10.9. The van der Waals surface area contributed by atoms with Crippen LogP contribution in [0.3, 0.4) is 0 Å². The molecule has 1 aliphatic carbocycles. The van der Waals surface area contributed by atoms with Crippen molar-refractivity contribution in [3.63, 3.8) is 0 Å². The highest BCUT2D eigenvalue weighted by Crippen LogP contribution is 2.31. The molecule has 0 saturated heterocycles. The van der Waals surface area contributed by atoms with Crippen LogP contribution in [0.5, 0.6) is 0 Å². The molecule has 27 heavy (non-hydrogen) atoms. The van der Waals surface area contributed by atoms with Crippen LogP contribution in [0.15, 0.2) is 42.9 Å². The first-order valence-electron chi connectivity index (χ1n) is 9.92. The Morgan fingerprint density at radius 1 is 1.11 bits per heavy atom. The van der Waals surface area contributed by atoms with E-state index in [0.29, 0.717) is 12.0 Å². The summed E-state index contributed by atoms with van der Waals surface area (Å²) in [6.45, 7) is 0. The number of hydrogen-bond acceptors (Lipinski definition) is 5. The van der Waals surface area contributed by atoms with Crippen LogP contribution in [-0.4, -0.2) is 37.4 Å². The number of nitrogens with zero attached hydrogens (tertiary/aromatic N) is 3. The molecule has 0 amide bonds. The molecule has 0 spiro atoms. The molecule has 0 radical (unpaired) electrons. The number of fused-ring (bicyclic) bond motifs is 1. The van der Waals surface area contributed by atoms with Gasteiger partial charge < -0.3 is 10.4 Å². The first-order valence-corrected chi connectivity index (χ1v) is 9.92. The molecule has 6 nitrogen and oxygen atoms in total. The SMILES string of the molecule is OC(CCCc1ccccc1)[C@H]1CC[C@H](Nc2ncnc3[nH]ncc23)CC1. The normalized spacial score (nSPS) is 21.2. The third kappa shape index (κ3) is 4.45. The Morgan fingerprint density at radius 3 is 2.74 bits per heavy atom. The lowest BCUT2D eigenvalue weighted by Gasteiger charge is -2.32. The lowest BCUT2D eigenvalue weighted by molar-refractivity contribution is 0.0736. The van der Waals surface area contributed by atoms with Gasteiger partial charge in [-0.3, -0.25) is 5.10 Å². The van der Waals surface area contributed by atoms with Gasteiger partial charge in [-0.25, -0.2) is 9.97 Å². The predicted octanol–water partition coefficient (Wildman–Crippen LogP) is 3.71. The fourth-order valence-electron chi connectivity index (χ4n) is 4.12. The fourth-order valence-corrected chi connectivity index (χ4v) is 4.12. The molecule has 3 N–H and O–H groups in total. The number of benzene rings is 1. The molecule has 0 aliphatic heterocycles. The van der Waals surface area contributed by atoms with Crippen LogP contribution in [0.1, 0.15) is 44.1 Å². The van der Waals surface area contributed by atoms with Crippen LogP contribution in [0.4, 0.5) is 5.82 Å². The predicted molar refractivity (Wildman–Crippen MR) is 106 cm³/mol. The number of aromatic amines is 1. The summed E-state index contributed by atoms with van der Waals surface area (Å²) in [7, 11) is 0. The number of aromatic nitrogens is 4. The first kappa shape index (κ1) is 17.9. The van der Waals surface area contributed by atoms with Gasteiger partial charge in [0, 0.05) is 6.04 Å². The van der Waals surface area contributed by atoms with E-state index in [1.165, 1.54) is 5.56 Å². The number of aliphatic hydroxyl groups excluding tert-OH is 1. The van der Waals surface area contributed by atoms with E-state index in [1.807, 2.05) is 6.07 Å². The number of aryl methyl sites for hydroxylation is 1. The number of rotatable bonds is 7. The molecule has 1 atom stereocenters. The van der Waals surface area contributed by atoms with Crippen LogP contribution in [0, 0.1) is 5.92 Å². The summed E-state index contributed by atoms with van der Waals surface area (Å²) in [5.41, 5.74) is 2.11. The Labute approximate surface area is 159 Å². The van der Waals surface area contributed by atoms with E-state index >= 15 is 0 Å². The summed E-state index contributed by atoms with van der Waals surface area (Å²) in [4.78, 5) is 8.54. The maximum atomic E-state index is 10.6. The number of aliphatic hydroxyl groups is 1. The Kier molecular flexibility index (Phi) is 5.63. The van der Waals surface area contributed by atoms with Gasteiger partial charge in [0.2, 0.25) is 0 Å². The van der Waals surface area contributed by atoms with Gasteiger partial charge in [0.1, 0.15) is 12.1 Å². The largest absolute Gasteiger partial charge is 0.393 e. The van der Waals surface area contributed by atoms with Gasteiger partial charge in [0.15, 0.2) is 5.65 Å². The second kappa shape index (κ2) is 8.48. The molecule has 1 unspecified atom stereocenters. The van der Waals surface area contributed by atoms with Crippen LogP contribution < -0.4 is 5.32 Å². The van der Waals surface area contributed by atoms with Crippen molar-refractivity contribution < 1.29 is 5.11 Å². The maximum Gasteiger partial charge on any atom is 0.160 e. The summed E-state index contributed by atoms with van der Waals surface area (Å²) < 4.78 is 0. The second-order valence-corrected chi connectivity index (χ2v) is 7.56. The van der Waals surface area contributed by atoms with Gasteiger partial charge in [-0.1, -0.05) is 30.3 Å². The van der Waals surface area contributed by atoms with E-state index in [-0.39, 0.29) is 6.10 Å². The van der Waals surface area contributed by atoms with Gasteiger partial charge in [-0.15, -0.1) is 0 Å². The first-order chi connectivity index (χ1) is 13.3. The van der Waals surface area contributed by atoms with Crippen LogP contribution in [-0.2, 0) is 6.42 Å². The summed E-state index contributed by atoms with van der Waals surface area (Å²) in [5, 5.41) is 22.0. The van der Waals surface area contributed by atoms with E-state index in [4.69, 9.17) is 0 Å². The number of H-pyrrole nitrogens is 1. The molecule has 4 rings (SSSR count). The molecule has 1 aromatic carbocycles. The Hall–Kier alpha value is -2.47. The van der Waals surface area contributed by atoms with Crippen molar-refractivity contribution in [1.82, 2.24) is 20.2 Å². The molecule has 1 fully saturated rings. The highest BCUT2D eigenvalue weighted by atomic mass is 16.3. The third-order valence-corrected chi connectivity index (χ3v) is 5.71. The van der Waals surface area contributed by atoms with Crippen LogP contribution >= 0.6 is 0 Å². The molecule has 2 heterocycles. The second-order valence-electron chi connectivity index (χ2n) is 7.56. The quantitative estimate of drug-likeness (QED) is 0.594. The molecule has 6 heteroatoms. The Bertz CT molecular complexity index is 842. The van der Waals surface area contributed by atoms with E-state index in [2.05, 4.69) is 49.7 Å². The van der Waals surface area contributed by atoms with Gasteiger partial charge in [-0.05, 0) is 56.4 Å². The molecule has 3 aromatic rings. The van der Waals surface area contributed by atoms with E-state index < -0.39 is 0 Å². The minimum absolute atomic E-state index is 0.186. The molecule has 1 saturated carbocycles. The Morgan fingerprint density at radius 2 is 1.93 bits per heavy atom. The molecule has 2 aromatic heterocycles. The lowest BCUT2D eigenvalue weighted by Crippen LogP contribution is -2.31. The van der Waals surface area contributed by atoms with Gasteiger partial charge in [0.25, 0.3) is 0 Å². The summed E-state index contributed by atoms with van der Waals surface area (Å²) in [5.74, 6) is 1.26. The monoisotopic (exact) mass is 365 g/mol. The van der Waals surface area contributed by atoms with Crippen molar-refractivity contribution in [2.24, 2.45) is 5.92 Å². The fraction of sp³-hybridized carbons (Fsp3) is 0.476. The van der Waals surface area contributed by atoms with Crippen molar-refractivity contribution >= 4 is 16.9 Å². The van der Waals surface area contributed by atoms with E-state index in [0.717, 1.165) is 61.8 Å². The molecule has 142 valence electrons. The zero-order valence-corrected chi connectivity index (χ0v) is 15.5. The van der Waals surface area contributed by atoms with E-state index in [9.17, 15) is 5.11 Å². The average molecular weight is 365 g/mol. The van der Waals surface area contributed by atoms with Crippen molar-refractivity contribution in [3.8, 4) is 0 Å². The zero-order chi connectivity index (χ0) is 18.5. The number of hydrogen-bond donors (Lipinski definition) is 3. The maximum absolute atomic E-state index is 10.6. The molecule has 0 bridgehead atoms. The van der Waals surface area contributed by atoms with Gasteiger partial charge in [0.05, 0.1) is 17.7 Å². The average Bonchev–Trinajstić information content (AvgIpc) is 3.19. The van der Waals surface area contributed by atoms with Gasteiger partial charge in [-0.2, -0.15) is 5.10 Å². The summed E-state index contributed by atoms with van der Waals surface area (Å²) in [6.07, 6.45) is 10.4. The standard InChI is InChI=1S/C21H27N5O/c27-19(8-4-7-15-5-2-1-3-6-15)16-9-11-17(12-10-16)25-20-18-13-24-26-21(18)23-14-22-20/h1-3,5-6,13-14,16-17,19,27H,4,7-12H2,(H2,22,23,24,25,26)/t16-,17-,19?. The van der Waals surface area contributed by atoms with Crippen molar-refractivity contribution in [3.05, 3.63) is 48.4 Å². The van der Waals surface area contributed by atoms with Crippen molar-refractivity contribution in [2.45, 2.75) is 57.1 Å². The number of nitrogens with one attached hydrogen (secondary N) is 2. The highest BCUT2D eigenvalue weighted by Gasteiger charge is 2.26. The topological polar surface area (TPSA) is 86.7 Å². The van der Waals surface area contributed by atoms with E-state index in [1.54, 1.807) is 12.5 Å². The third-order valence-electron chi connectivity index (χ3n) is 5.71. The molecular weight excluding hydrogens is 338 g/mol. The van der Waals surface area contributed by atoms with Gasteiger partial charge >= 0.3 is 0 Å².